The van der Waals surface area contributed by atoms with Crippen LogP contribution in [0.1, 0.15) is 13.8 Å². The molecule has 1 amide bonds. The minimum atomic E-state index is -0.887. The fourth-order valence-corrected chi connectivity index (χ4v) is 1.53. The fraction of sp³-hybridized carbons (Fsp3) is 0.778. The SMILES string of the molecule is CC(C)[C@@H]1CN(CC(=O)O)CC(=O)N1. The van der Waals surface area contributed by atoms with Gasteiger partial charge in [-0.25, -0.2) is 0 Å². The highest BCUT2D eigenvalue weighted by atomic mass is 16.4. The summed E-state index contributed by atoms with van der Waals surface area (Å²) in [7, 11) is 0. The van der Waals surface area contributed by atoms with Crippen molar-refractivity contribution in [3.05, 3.63) is 0 Å². The number of nitrogens with one attached hydrogen (secondary N) is 1. The summed E-state index contributed by atoms with van der Waals surface area (Å²) in [5, 5.41) is 11.4. The molecule has 0 aliphatic carbocycles. The van der Waals surface area contributed by atoms with Crippen LogP contribution in [0, 0.1) is 5.92 Å². The summed E-state index contributed by atoms with van der Waals surface area (Å²) in [5.74, 6) is -0.644. The Kier molecular flexibility index (Phi) is 3.46. The van der Waals surface area contributed by atoms with Gasteiger partial charge in [-0.2, -0.15) is 0 Å². The van der Waals surface area contributed by atoms with E-state index in [0.29, 0.717) is 12.5 Å². The molecule has 0 saturated carbocycles. The molecule has 5 nitrogen and oxygen atoms in total. The lowest BCUT2D eigenvalue weighted by Gasteiger charge is -2.34. The van der Waals surface area contributed by atoms with Crippen LogP contribution >= 0.6 is 0 Å². The minimum absolute atomic E-state index is 0.0589. The summed E-state index contributed by atoms with van der Waals surface area (Å²) < 4.78 is 0. The van der Waals surface area contributed by atoms with Gasteiger partial charge in [0.05, 0.1) is 13.1 Å². The maximum absolute atomic E-state index is 11.2. The first-order chi connectivity index (χ1) is 6.49. The maximum Gasteiger partial charge on any atom is 0.317 e. The molecule has 1 atom stereocenters. The van der Waals surface area contributed by atoms with Crippen LogP contribution in [-0.4, -0.2) is 47.6 Å². The average Bonchev–Trinajstić information content (AvgIpc) is 2.01. The molecule has 0 bridgehead atoms. The zero-order valence-corrected chi connectivity index (χ0v) is 8.49. The topological polar surface area (TPSA) is 69.6 Å². The summed E-state index contributed by atoms with van der Waals surface area (Å²) in [6.07, 6.45) is 0. The zero-order chi connectivity index (χ0) is 10.7. The molecule has 5 heteroatoms. The molecule has 1 fully saturated rings. The predicted octanol–water partition coefficient (Wildman–Crippen LogP) is -0.473. The predicted molar refractivity (Wildman–Crippen MR) is 50.8 cm³/mol. The lowest BCUT2D eigenvalue weighted by Crippen LogP contribution is -2.56. The van der Waals surface area contributed by atoms with E-state index in [0.717, 1.165) is 0 Å². The number of aliphatic carboxylic acids is 1. The Morgan fingerprint density at radius 2 is 2.36 bits per heavy atom. The molecule has 1 heterocycles. The Balaban J connectivity index is 2.53. The Hall–Kier alpha value is -1.10. The second-order valence-electron chi connectivity index (χ2n) is 3.98. The van der Waals surface area contributed by atoms with Crippen molar-refractivity contribution in [3.8, 4) is 0 Å². The maximum atomic E-state index is 11.2. The number of hydrogen-bond donors (Lipinski definition) is 2. The van der Waals surface area contributed by atoms with E-state index in [2.05, 4.69) is 5.32 Å². The molecule has 0 radical (unpaired) electrons. The van der Waals surface area contributed by atoms with Crippen LogP contribution in [0.25, 0.3) is 0 Å². The van der Waals surface area contributed by atoms with Gasteiger partial charge in [-0.15, -0.1) is 0 Å². The molecular formula is C9H16N2O3. The molecule has 0 aromatic carbocycles. The number of carbonyl (C=O) groups is 2. The monoisotopic (exact) mass is 200 g/mol. The lowest BCUT2D eigenvalue weighted by molar-refractivity contribution is -0.139. The van der Waals surface area contributed by atoms with Crippen LogP contribution in [0.5, 0.6) is 0 Å². The van der Waals surface area contributed by atoms with Gasteiger partial charge in [0.25, 0.3) is 0 Å². The van der Waals surface area contributed by atoms with Gasteiger partial charge >= 0.3 is 5.97 Å². The first-order valence-corrected chi connectivity index (χ1v) is 4.72. The van der Waals surface area contributed by atoms with Gasteiger partial charge in [0.1, 0.15) is 0 Å². The summed E-state index contributed by atoms with van der Waals surface area (Å²) in [4.78, 5) is 23.4. The highest BCUT2D eigenvalue weighted by Gasteiger charge is 2.27. The molecular weight excluding hydrogens is 184 g/mol. The van der Waals surface area contributed by atoms with Crippen molar-refractivity contribution in [1.82, 2.24) is 10.2 Å². The van der Waals surface area contributed by atoms with E-state index >= 15 is 0 Å². The quantitative estimate of drug-likeness (QED) is 0.646. The molecule has 0 unspecified atom stereocenters. The molecule has 1 aliphatic rings. The molecule has 1 aliphatic heterocycles. The van der Waals surface area contributed by atoms with E-state index in [9.17, 15) is 9.59 Å². The third kappa shape index (κ3) is 2.99. The molecule has 0 spiro atoms. The number of carboxylic acid groups (broad SMARTS) is 1. The zero-order valence-electron chi connectivity index (χ0n) is 8.49. The number of rotatable bonds is 3. The number of nitrogens with zero attached hydrogens (tertiary/aromatic N) is 1. The minimum Gasteiger partial charge on any atom is -0.480 e. The van der Waals surface area contributed by atoms with Crippen molar-refractivity contribution in [2.24, 2.45) is 5.92 Å². The molecule has 0 aromatic heterocycles. The van der Waals surface area contributed by atoms with Gasteiger partial charge in [-0.05, 0) is 5.92 Å². The van der Waals surface area contributed by atoms with Crippen LogP contribution in [0.15, 0.2) is 0 Å². The number of amides is 1. The summed E-state index contributed by atoms with van der Waals surface area (Å²) in [6, 6.07) is 0.0654. The van der Waals surface area contributed by atoms with E-state index in [1.807, 2.05) is 13.8 Å². The fourth-order valence-electron chi connectivity index (χ4n) is 1.53. The standard InChI is InChI=1S/C9H16N2O3/c1-6(2)7-3-11(5-9(13)14)4-8(12)10-7/h6-7H,3-5H2,1-2H3,(H,10,12)(H,13,14)/t7-/m0/s1. The van der Waals surface area contributed by atoms with Crippen molar-refractivity contribution < 1.29 is 14.7 Å². The van der Waals surface area contributed by atoms with Gasteiger partial charge in [-0.1, -0.05) is 13.8 Å². The molecule has 1 rings (SSSR count). The highest BCUT2D eigenvalue weighted by molar-refractivity contribution is 5.80. The Bertz CT molecular complexity index is 238. The van der Waals surface area contributed by atoms with Gasteiger partial charge in [0.2, 0.25) is 5.91 Å². The first-order valence-electron chi connectivity index (χ1n) is 4.72. The average molecular weight is 200 g/mol. The second-order valence-corrected chi connectivity index (χ2v) is 3.98. The van der Waals surface area contributed by atoms with E-state index in [-0.39, 0.29) is 25.0 Å². The van der Waals surface area contributed by atoms with E-state index in [1.165, 1.54) is 0 Å². The summed E-state index contributed by atoms with van der Waals surface area (Å²) in [5.41, 5.74) is 0. The molecule has 0 aromatic rings. The van der Waals surface area contributed by atoms with Crippen molar-refractivity contribution in [3.63, 3.8) is 0 Å². The third-order valence-corrected chi connectivity index (χ3v) is 2.33. The number of carboxylic acids is 1. The van der Waals surface area contributed by atoms with Crippen molar-refractivity contribution in [2.75, 3.05) is 19.6 Å². The summed E-state index contributed by atoms with van der Waals surface area (Å²) >= 11 is 0. The Morgan fingerprint density at radius 1 is 1.71 bits per heavy atom. The van der Waals surface area contributed by atoms with Crippen molar-refractivity contribution >= 4 is 11.9 Å². The van der Waals surface area contributed by atoms with Gasteiger partial charge in [-0.3, -0.25) is 14.5 Å². The summed E-state index contributed by atoms with van der Waals surface area (Å²) in [6.45, 7) is 4.77. The molecule has 2 N–H and O–H groups in total. The third-order valence-electron chi connectivity index (χ3n) is 2.33. The Morgan fingerprint density at radius 3 is 2.86 bits per heavy atom. The lowest BCUT2D eigenvalue weighted by atomic mass is 10.0. The largest absolute Gasteiger partial charge is 0.480 e. The van der Waals surface area contributed by atoms with E-state index in [4.69, 9.17) is 5.11 Å². The van der Waals surface area contributed by atoms with E-state index < -0.39 is 5.97 Å². The van der Waals surface area contributed by atoms with Crippen LogP contribution in [0.2, 0.25) is 0 Å². The number of carbonyl (C=O) groups excluding carboxylic acids is 1. The smallest absolute Gasteiger partial charge is 0.317 e. The van der Waals surface area contributed by atoms with Crippen molar-refractivity contribution in [1.29, 1.82) is 0 Å². The Labute approximate surface area is 83.1 Å². The number of piperazine rings is 1. The van der Waals surface area contributed by atoms with Crippen molar-refractivity contribution in [2.45, 2.75) is 19.9 Å². The first kappa shape index (κ1) is 11.0. The second kappa shape index (κ2) is 4.41. The van der Waals surface area contributed by atoms with Crippen LogP contribution in [-0.2, 0) is 9.59 Å². The van der Waals surface area contributed by atoms with Crippen LogP contribution in [0.3, 0.4) is 0 Å². The van der Waals surface area contributed by atoms with Gasteiger partial charge in [0.15, 0.2) is 0 Å². The normalized spacial score (nSPS) is 23.6. The van der Waals surface area contributed by atoms with Gasteiger partial charge in [0, 0.05) is 12.6 Å². The molecule has 80 valence electrons. The van der Waals surface area contributed by atoms with Crippen LogP contribution < -0.4 is 5.32 Å². The number of hydrogen-bond acceptors (Lipinski definition) is 3. The highest BCUT2D eigenvalue weighted by Crippen LogP contribution is 2.08. The van der Waals surface area contributed by atoms with Crippen LogP contribution in [0.4, 0.5) is 0 Å². The molecule has 1 saturated heterocycles. The van der Waals surface area contributed by atoms with E-state index in [1.54, 1.807) is 4.90 Å². The van der Waals surface area contributed by atoms with Gasteiger partial charge < -0.3 is 10.4 Å². The molecule has 14 heavy (non-hydrogen) atoms.